The first-order valence-corrected chi connectivity index (χ1v) is 7.07. The molecule has 2 rings (SSSR count). The summed E-state index contributed by atoms with van der Waals surface area (Å²) in [4.78, 5) is 13.9. The molecule has 0 saturated carbocycles. The lowest BCUT2D eigenvalue weighted by Crippen LogP contribution is -2.24. The molecule has 5 heteroatoms. The summed E-state index contributed by atoms with van der Waals surface area (Å²) >= 11 is 1.54. The van der Waals surface area contributed by atoms with Gasteiger partial charge in [0.2, 0.25) is 0 Å². The summed E-state index contributed by atoms with van der Waals surface area (Å²) in [5.41, 5.74) is 8.74. The number of carbonyl (C=O) groups is 1. The first-order chi connectivity index (χ1) is 9.06. The first kappa shape index (κ1) is 16.5. The second-order valence-corrected chi connectivity index (χ2v) is 5.85. The summed E-state index contributed by atoms with van der Waals surface area (Å²) in [5.74, 6) is 0.0108. The number of thiophene rings is 1. The number of halogens is 1. The molecule has 0 aliphatic heterocycles. The lowest BCUT2D eigenvalue weighted by molar-refractivity contribution is 0.0958. The van der Waals surface area contributed by atoms with Gasteiger partial charge >= 0.3 is 0 Å². The molecule has 1 aromatic heterocycles. The van der Waals surface area contributed by atoms with Crippen LogP contribution < -0.4 is 11.1 Å². The molecule has 0 atom stereocenters. The van der Waals surface area contributed by atoms with Gasteiger partial charge in [0.25, 0.3) is 5.91 Å². The fraction of sp³-hybridized carbons (Fsp3) is 0.267. The van der Waals surface area contributed by atoms with E-state index in [9.17, 15) is 4.79 Å². The molecule has 0 fully saturated rings. The minimum Gasteiger partial charge on any atom is -0.399 e. The average molecular weight is 311 g/mol. The molecule has 2 aromatic rings. The zero-order valence-corrected chi connectivity index (χ0v) is 13.2. The number of rotatable bonds is 4. The fourth-order valence-corrected chi connectivity index (χ4v) is 2.73. The largest absolute Gasteiger partial charge is 0.399 e. The highest BCUT2D eigenvalue weighted by molar-refractivity contribution is 7.14. The second kappa shape index (κ2) is 7.31. The van der Waals surface area contributed by atoms with Crippen LogP contribution in [0.4, 0.5) is 5.69 Å². The van der Waals surface area contributed by atoms with Crippen molar-refractivity contribution in [3.05, 3.63) is 51.2 Å². The number of hydrogen-bond acceptors (Lipinski definition) is 3. The molecule has 0 aliphatic rings. The topological polar surface area (TPSA) is 55.1 Å². The number of carbonyl (C=O) groups excluding carboxylic acids is 1. The Labute approximate surface area is 129 Å². The maximum Gasteiger partial charge on any atom is 0.261 e. The molecule has 0 unspecified atom stereocenters. The van der Waals surface area contributed by atoms with Crippen LogP contribution in [-0.4, -0.2) is 12.5 Å². The second-order valence-electron chi connectivity index (χ2n) is 4.60. The molecule has 1 aromatic carbocycles. The van der Waals surface area contributed by atoms with Crippen LogP contribution in [0.15, 0.2) is 30.3 Å². The molecule has 3 N–H and O–H groups in total. The Morgan fingerprint density at radius 1 is 1.25 bits per heavy atom. The van der Waals surface area contributed by atoms with E-state index in [1.54, 1.807) is 11.3 Å². The molecule has 108 valence electrons. The molecule has 0 radical (unpaired) electrons. The van der Waals surface area contributed by atoms with Crippen molar-refractivity contribution in [1.82, 2.24) is 5.32 Å². The summed E-state index contributed by atoms with van der Waals surface area (Å²) in [6, 6.07) is 9.67. The Hall–Kier alpha value is -1.52. The van der Waals surface area contributed by atoms with Crippen LogP contribution in [0, 0.1) is 13.8 Å². The van der Waals surface area contributed by atoms with Crippen molar-refractivity contribution in [1.29, 1.82) is 0 Å². The van der Waals surface area contributed by atoms with E-state index in [2.05, 4.69) is 5.32 Å². The molecule has 1 amide bonds. The van der Waals surface area contributed by atoms with Gasteiger partial charge in [0.05, 0.1) is 4.88 Å². The van der Waals surface area contributed by atoms with Crippen LogP contribution in [0.5, 0.6) is 0 Å². The van der Waals surface area contributed by atoms with E-state index in [0.717, 1.165) is 17.0 Å². The normalized spacial score (nSPS) is 9.90. The van der Waals surface area contributed by atoms with Gasteiger partial charge in [0.1, 0.15) is 0 Å². The third-order valence-electron chi connectivity index (χ3n) is 3.07. The van der Waals surface area contributed by atoms with Gasteiger partial charge in [-0.15, -0.1) is 23.7 Å². The standard InChI is InChI=1S/C15H18N2OS.ClH/c1-10-9-14(19-11(10)2)15(18)17-8-7-12-3-5-13(16)6-4-12;/h3-6,9H,7-8,16H2,1-2H3,(H,17,18);1H. The Kier molecular flexibility index (Phi) is 6.05. The number of amides is 1. The summed E-state index contributed by atoms with van der Waals surface area (Å²) in [7, 11) is 0. The van der Waals surface area contributed by atoms with Gasteiger partial charge < -0.3 is 11.1 Å². The Morgan fingerprint density at radius 2 is 1.90 bits per heavy atom. The van der Waals surface area contributed by atoms with Crippen molar-refractivity contribution in [2.24, 2.45) is 0 Å². The van der Waals surface area contributed by atoms with E-state index in [0.29, 0.717) is 6.54 Å². The number of aryl methyl sites for hydroxylation is 2. The molecule has 0 aliphatic carbocycles. The monoisotopic (exact) mass is 310 g/mol. The number of nitrogen functional groups attached to an aromatic ring is 1. The van der Waals surface area contributed by atoms with Crippen LogP contribution in [0.25, 0.3) is 0 Å². The lowest BCUT2D eigenvalue weighted by Gasteiger charge is -2.04. The quantitative estimate of drug-likeness (QED) is 0.851. The SMILES string of the molecule is Cc1cc(C(=O)NCCc2ccc(N)cc2)sc1C.Cl. The van der Waals surface area contributed by atoms with Gasteiger partial charge in [-0.25, -0.2) is 0 Å². The van der Waals surface area contributed by atoms with Gasteiger partial charge in [-0.1, -0.05) is 12.1 Å². The van der Waals surface area contributed by atoms with E-state index >= 15 is 0 Å². The zero-order chi connectivity index (χ0) is 13.8. The maximum atomic E-state index is 11.9. The van der Waals surface area contributed by atoms with Gasteiger partial charge in [-0.3, -0.25) is 4.79 Å². The third-order valence-corrected chi connectivity index (χ3v) is 4.22. The number of nitrogens with two attached hydrogens (primary N) is 1. The molecule has 0 spiro atoms. The highest BCUT2D eigenvalue weighted by Crippen LogP contribution is 2.20. The van der Waals surface area contributed by atoms with Crippen molar-refractivity contribution in [2.75, 3.05) is 12.3 Å². The fourth-order valence-electron chi connectivity index (χ4n) is 1.78. The molecular weight excluding hydrogens is 292 g/mol. The third kappa shape index (κ3) is 4.25. The highest BCUT2D eigenvalue weighted by atomic mass is 35.5. The maximum absolute atomic E-state index is 11.9. The zero-order valence-electron chi connectivity index (χ0n) is 11.6. The number of nitrogens with one attached hydrogen (secondary N) is 1. The molecule has 0 saturated heterocycles. The number of anilines is 1. The number of hydrogen-bond donors (Lipinski definition) is 2. The molecule has 3 nitrogen and oxygen atoms in total. The van der Waals surface area contributed by atoms with Gasteiger partial charge in [-0.05, 0) is 49.6 Å². The molecule has 1 heterocycles. The van der Waals surface area contributed by atoms with E-state index in [1.165, 1.54) is 16.0 Å². The summed E-state index contributed by atoms with van der Waals surface area (Å²) < 4.78 is 0. The van der Waals surface area contributed by atoms with Gasteiger partial charge in [0, 0.05) is 17.1 Å². The highest BCUT2D eigenvalue weighted by Gasteiger charge is 2.09. The van der Waals surface area contributed by atoms with Crippen molar-refractivity contribution in [3.8, 4) is 0 Å². The molecule has 0 bridgehead atoms. The van der Waals surface area contributed by atoms with E-state index in [4.69, 9.17) is 5.73 Å². The van der Waals surface area contributed by atoms with Crippen LogP contribution in [0.3, 0.4) is 0 Å². The predicted molar refractivity (Wildman–Crippen MR) is 87.9 cm³/mol. The Morgan fingerprint density at radius 3 is 2.45 bits per heavy atom. The minimum atomic E-state index is 0. The molecule has 20 heavy (non-hydrogen) atoms. The van der Waals surface area contributed by atoms with Gasteiger partial charge in [0.15, 0.2) is 0 Å². The van der Waals surface area contributed by atoms with Crippen molar-refractivity contribution in [3.63, 3.8) is 0 Å². The average Bonchev–Trinajstić information content (AvgIpc) is 2.72. The van der Waals surface area contributed by atoms with Crippen LogP contribution in [0.1, 0.15) is 25.7 Å². The Balaban J connectivity index is 0.00000200. The first-order valence-electron chi connectivity index (χ1n) is 6.26. The van der Waals surface area contributed by atoms with E-state index < -0.39 is 0 Å². The van der Waals surface area contributed by atoms with Crippen molar-refractivity contribution >= 4 is 35.3 Å². The van der Waals surface area contributed by atoms with E-state index in [1.807, 2.05) is 44.2 Å². The predicted octanol–water partition coefficient (Wildman–Crippen LogP) is 3.34. The number of benzene rings is 1. The summed E-state index contributed by atoms with van der Waals surface area (Å²) in [6.45, 7) is 4.70. The lowest BCUT2D eigenvalue weighted by atomic mass is 10.1. The van der Waals surface area contributed by atoms with Crippen molar-refractivity contribution < 1.29 is 4.79 Å². The van der Waals surface area contributed by atoms with E-state index in [-0.39, 0.29) is 18.3 Å². The van der Waals surface area contributed by atoms with Crippen LogP contribution in [-0.2, 0) is 6.42 Å². The summed E-state index contributed by atoms with van der Waals surface area (Å²) in [6.07, 6.45) is 0.815. The van der Waals surface area contributed by atoms with Crippen LogP contribution >= 0.6 is 23.7 Å². The molecular formula is C15H19ClN2OS. The Bertz CT molecular complexity index is 559. The van der Waals surface area contributed by atoms with Gasteiger partial charge in [-0.2, -0.15) is 0 Å². The minimum absolute atomic E-state index is 0. The van der Waals surface area contributed by atoms with Crippen molar-refractivity contribution in [2.45, 2.75) is 20.3 Å². The van der Waals surface area contributed by atoms with Crippen LogP contribution in [0.2, 0.25) is 0 Å². The smallest absolute Gasteiger partial charge is 0.261 e. The summed E-state index contributed by atoms with van der Waals surface area (Å²) in [5, 5.41) is 2.94.